The van der Waals surface area contributed by atoms with Crippen molar-refractivity contribution in [2.24, 2.45) is 0 Å². The van der Waals surface area contributed by atoms with Gasteiger partial charge in [0.1, 0.15) is 0 Å². The highest BCUT2D eigenvalue weighted by Gasteiger charge is 2.11. The fourth-order valence-electron chi connectivity index (χ4n) is 2.30. The summed E-state index contributed by atoms with van der Waals surface area (Å²) in [7, 11) is 0. The first kappa shape index (κ1) is 15.5. The summed E-state index contributed by atoms with van der Waals surface area (Å²) in [6, 6.07) is 15.0. The Bertz CT molecular complexity index is 1150. The molecule has 4 rings (SSSR count). The molecule has 0 aliphatic rings. The van der Waals surface area contributed by atoms with Crippen LogP contribution in [-0.4, -0.2) is 14.6 Å². The maximum Gasteiger partial charge on any atom is 0.291 e. The monoisotopic (exact) mass is 417 g/mol. The van der Waals surface area contributed by atoms with Gasteiger partial charge in [0.15, 0.2) is 5.82 Å². The molecule has 7 heteroatoms. The van der Waals surface area contributed by atoms with E-state index in [0.717, 1.165) is 15.6 Å². The number of hydrogen-bond donors (Lipinski definition) is 0. The van der Waals surface area contributed by atoms with Crippen LogP contribution in [0.25, 0.3) is 22.4 Å². The first-order valence-corrected chi connectivity index (χ1v) is 9.02. The molecule has 0 radical (unpaired) electrons. The molecule has 0 fully saturated rings. The Morgan fingerprint density at radius 1 is 1.17 bits per heavy atom. The molecule has 0 amide bonds. The highest BCUT2D eigenvalue weighted by Crippen LogP contribution is 2.19. The number of nitrogens with zero attached hydrogens (tertiary/aromatic N) is 3. The molecule has 0 saturated carbocycles. The van der Waals surface area contributed by atoms with Crippen molar-refractivity contribution in [1.29, 1.82) is 0 Å². The lowest BCUT2D eigenvalue weighted by Gasteiger charge is -1.94. The number of fused-ring (bicyclic) bond motifs is 1. The fraction of sp³-hybridized carbons (Fsp3) is 0. The maximum atomic E-state index is 12.5. The summed E-state index contributed by atoms with van der Waals surface area (Å²) in [5, 5.41) is 4.97. The average molecular weight is 419 g/mol. The quantitative estimate of drug-likeness (QED) is 0.498. The molecule has 0 N–H and O–H groups in total. The third-order valence-corrected chi connectivity index (χ3v) is 5.14. The summed E-state index contributed by atoms with van der Waals surface area (Å²) in [6.45, 7) is 0. The summed E-state index contributed by atoms with van der Waals surface area (Å²) < 4.78 is 2.91. The van der Waals surface area contributed by atoms with Crippen LogP contribution in [0.3, 0.4) is 0 Å². The van der Waals surface area contributed by atoms with Crippen molar-refractivity contribution in [3.8, 4) is 11.4 Å². The van der Waals surface area contributed by atoms with E-state index < -0.39 is 0 Å². The molecule has 0 saturated heterocycles. The fourth-order valence-corrected chi connectivity index (χ4v) is 3.75. The van der Waals surface area contributed by atoms with Crippen molar-refractivity contribution in [3.05, 3.63) is 78.5 Å². The van der Waals surface area contributed by atoms with Gasteiger partial charge in [-0.25, -0.2) is 0 Å². The average Bonchev–Trinajstić information content (AvgIpc) is 3.09. The van der Waals surface area contributed by atoms with E-state index >= 15 is 0 Å². The predicted molar refractivity (Wildman–Crippen MR) is 101 cm³/mol. The van der Waals surface area contributed by atoms with Crippen molar-refractivity contribution in [2.75, 3.05) is 0 Å². The van der Waals surface area contributed by atoms with E-state index in [1.807, 2.05) is 42.5 Å². The first-order chi connectivity index (χ1) is 11.6. The zero-order valence-corrected chi connectivity index (χ0v) is 15.3. The molecule has 0 bridgehead atoms. The Morgan fingerprint density at radius 3 is 2.67 bits per heavy atom. The topological polar surface area (TPSA) is 47.3 Å². The molecule has 4 aromatic rings. The van der Waals surface area contributed by atoms with Gasteiger partial charge in [0, 0.05) is 15.1 Å². The molecule has 0 spiro atoms. The van der Waals surface area contributed by atoms with Crippen LogP contribution in [0.2, 0.25) is 5.02 Å². The van der Waals surface area contributed by atoms with Gasteiger partial charge >= 0.3 is 0 Å². The minimum atomic E-state index is -0.164. The molecule has 118 valence electrons. The van der Waals surface area contributed by atoms with Crippen molar-refractivity contribution in [3.63, 3.8) is 0 Å². The lowest BCUT2D eigenvalue weighted by molar-refractivity contribution is 0.937. The van der Waals surface area contributed by atoms with E-state index in [9.17, 15) is 4.79 Å². The predicted octanol–water partition coefficient (Wildman–Crippen LogP) is 3.78. The lowest BCUT2D eigenvalue weighted by atomic mass is 10.2. The van der Waals surface area contributed by atoms with Crippen molar-refractivity contribution in [2.45, 2.75) is 0 Å². The largest absolute Gasteiger partial charge is 0.291 e. The van der Waals surface area contributed by atoms with Gasteiger partial charge in [0.25, 0.3) is 5.56 Å². The van der Waals surface area contributed by atoms with Gasteiger partial charge < -0.3 is 0 Å². The van der Waals surface area contributed by atoms with Crippen LogP contribution >= 0.6 is 38.9 Å². The Labute approximate surface area is 154 Å². The molecule has 2 aromatic carbocycles. The third kappa shape index (κ3) is 2.88. The number of benzene rings is 2. The Kier molecular flexibility index (Phi) is 3.96. The Balaban J connectivity index is 1.81. The molecule has 0 aliphatic carbocycles. The van der Waals surface area contributed by atoms with Crippen molar-refractivity contribution >= 4 is 49.9 Å². The van der Waals surface area contributed by atoms with E-state index in [4.69, 9.17) is 11.6 Å². The van der Waals surface area contributed by atoms with Gasteiger partial charge in [0.05, 0.1) is 4.53 Å². The van der Waals surface area contributed by atoms with Gasteiger partial charge in [-0.15, -0.1) is 5.10 Å². The van der Waals surface area contributed by atoms with Crippen LogP contribution in [0.1, 0.15) is 5.56 Å². The van der Waals surface area contributed by atoms with Gasteiger partial charge in [-0.1, -0.05) is 51.0 Å². The number of hydrogen-bond acceptors (Lipinski definition) is 4. The summed E-state index contributed by atoms with van der Waals surface area (Å²) in [6.07, 6.45) is 1.84. The summed E-state index contributed by atoms with van der Waals surface area (Å²) >= 11 is 10.6. The molecule has 0 aliphatic heterocycles. The molecular formula is C17H9BrClN3OS. The Hall–Kier alpha value is -2.02. The van der Waals surface area contributed by atoms with Crippen molar-refractivity contribution < 1.29 is 0 Å². The second-order valence-electron chi connectivity index (χ2n) is 5.11. The van der Waals surface area contributed by atoms with Crippen LogP contribution in [0.15, 0.2) is 57.8 Å². The maximum absolute atomic E-state index is 12.5. The van der Waals surface area contributed by atoms with Crippen LogP contribution in [0.5, 0.6) is 0 Å². The zero-order valence-electron chi connectivity index (χ0n) is 12.1. The molecule has 2 heterocycles. The van der Waals surface area contributed by atoms with E-state index in [1.54, 1.807) is 12.1 Å². The highest BCUT2D eigenvalue weighted by molar-refractivity contribution is 9.10. The van der Waals surface area contributed by atoms with Crippen LogP contribution < -0.4 is 10.1 Å². The number of thiazole rings is 1. The second kappa shape index (κ2) is 6.12. The van der Waals surface area contributed by atoms with E-state index in [2.05, 4.69) is 26.0 Å². The summed E-state index contributed by atoms with van der Waals surface area (Å²) in [5.41, 5.74) is 1.61. The van der Waals surface area contributed by atoms with E-state index in [-0.39, 0.29) is 5.56 Å². The van der Waals surface area contributed by atoms with Crippen molar-refractivity contribution in [1.82, 2.24) is 14.6 Å². The normalized spacial score (nSPS) is 12.2. The van der Waals surface area contributed by atoms with E-state index in [1.165, 1.54) is 15.9 Å². The molecule has 24 heavy (non-hydrogen) atoms. The van der Waals surface area contributed by atoms with Gasteiger partial charge in [-0.05, 0) is 48.0 Å². The standard InChI is InChI=1S/C17H9BrClN3OS/c18-12-3-1-2-10(8-12)9-14-16(23)22-17(24-14)20-15(21-22)11-4-6-13(19)7-5-11/h1-9H. The number of rotatable bonds is 2. The molecular weight excluding hydrogens is 410 g/mol. The van der Waals surface area contributed by atoms with Gasteiger partial charge in [-0.3, -0.25) is 4.79 Å². The summed E-state index contributed by atoms with van der Waals surface area (Å²) in [4.78, 5) is 17.5. The molecule has 0 unspecified atom stereocenters. The number of aromatic nitrogens is 3. The zero-order chi connectivity index (χ0) is 16.7. The molecule has 4 nitrogen and oxygen atoms in total. The van der Waals surface area contributed by atoms with Crippen LogP contribution in [0.4, 0.5) is 0 Å². The third-order valence-electron chi connectivity index (χ3n) is 3.43. The molecule has 0 atom stereocenters. The minimum absolute atomic E-state index is 0.164. The Morgan fingerprint density at radius 2 is 1.96 bits per heavy atom. The number of halogens is 2. The van der Waals surface area contributed by atoms with E-state index in [0.29, 0.717) is 20.3 Å². The van der Waals surface area contributed by atoms with Crippen LogP contribution in [0, 0.1) is 0 Å². The smallest absolute Gasteiger partial charge is 0.266 e. The summed E-state index contributed by atoms with van der Waals surface area (Å²) in [5.74, 6) is 0.518. The molecule has 2 aromatic heterocycles. The first-order valence-electron chi connectivity index (χ1n) is 7.03. The van der Waals surface area contributed by atoms with Crippen LogP contribution in [-0.2, 0) is 0 Å². The second-order valence-corrected chi connectivity index (χ2v) is 7.47. The minimum Gasteiger partial charge on any atom is -0.266 e. The van der Waals surface area contributed by atoms with Gasteiger partial charge in [-0.2, -0.15) is 9.50 Å². The SMILES string of the molecule is O=c1c(=Cc2cccc(Br)c2)sc2nc(-c3ccc(Cl)cc3)nn12. The lowest BCUT2D eigenvalue weighted by Crippen LogP contribution is -2.23. The highest BCUT2D eigenvalue weighted by atomic mass is 79.9. The van der Waals surface area contributed by atoms with Gasteiger partial charge in [0.2, 0.25) is 4.96 Å².